The molecule has 0 saturated heterocycles. The van der Waals surface area contributed by atoms with Crippen LogP contribution < -0.4 is 23.7 Å². The van der Waals surface area contributed by atoms with Crippen molar-refractivity contribution in [2.75, 3.05) is 28.1 Å². The molecular formula is C18H17N3O6. The Bertz CT molecular complexity index is 1000. The highest BCUT2D eigenvalue weighted by atomic mass is 16.7. The number of methoxy groups -OCH3 is 3. The Hall–Kier alpha value is -3.62. The lowest BCUT2D eigenvalue weighted by Crippen LogP contribution is -1.96. The molecule has 0 aliphatic carbocycles. The van der Waals surface area contributed by atoms with Gasteiger partial charge in [-0.25, -0.2) is 4.98 Å². The van der Waals surface area contributed by atoms with Gasteiger partial charge in [-0.1, -0.05) is 0 Å². The number of rotatable bonds is 5. The lowest BCUT2D eigenvalue weighted by Gasteiger charge is -2.13. The van der Waals surface area contributed by atoms with Crippen LogP contribution in [0, 0.1) is 0 Å². The van der Waals surface area contributed by atoms with Gasteiger partial charge >= 0.3 is 0 Å². The monoisotopic (exact) mass is 371 g/mol. The Balaban J connectivity index is 1.79. The number of nitrogens with zero attached hydrogens (tertiary/aromatic N) is 2. The molecular weight excluding hydrogens is 354 g/mol. The Morgan fingerprint density at radius 3 is 2.56 bits per heavy atom. The van der Waals surface area contributed by atoms with E-state index in [1.54, 1.807) is 18.2 Å². The lowest BCUT2D eigenvalue weighted by molar-refractivity contribution is 0.170. The summed E-state index contributed by atoms with van der Waals surface area (Å²) >= 11 is 0. The molecule has 0 saturated carbocycles. The number of aromatic amines is 1. The van der Waals surface area contributed by atoms with Crippen LogP contribution in [0.3, 0.4) is 0 Å². The SMILES string of the molecule is COc1ccc(-c2n[nH]c(-c3cc4c(c(OC)c3OC)OCO4)n2)cc1O. The Labute approximate surface area is 154 Å². The first-order valence-electron chi connectivity index (χ1n) is 8.01. The molecule has 0 fully saturated rings. The van der Waals surface area contributed by atoms with Gasteiger partial charge in [0.1, 0.15) is 0 Å². The molecule has 140 valence electrons. The summed E-state index contributed by atoms with van der Waals surface area (Å²) in [5.41, 5.74) is 1.23. The molecule has 27 heavy (non-hydrogen) atoms. The number of ether oxygens (including phenoxy) is 5. The van der Waals surface area contributed by atoms with Crippen LogP contribution in [0.2, 0.25) is 0 Å². The second-order valence-corrected chi connectivity index (χ2v) is 5.62. The van der Waals surface area contributed by atoms with Crippen molar-refractivity contribution in [1.29, 1.82) is 0 Å². The fraction of sp³-hybridized carbons (Fsp3) is 0.222. The van der Waals surface area contributed by atoms with Crippen LogP contribution in [-0.2, 0) is 0 Å². The van der Waals surface area contributed by atoms with E-state index in [2.05, 4.69) is 15.2 Å². The molecule has 0 radical (unpaired) electrons. The average Bonchev–Trinajstić information content (AvgIpc) is 3.35. The number of hydrogen-bond acceptors (Lipinski definition) is 8. The van der Waals surface area contributed by atoms with E-state index in [-0.39, 0.29) is 12.5 Å². The van der Waals surface area contributed by atoms with Crippen molar-refractivity contribution in [1.82, 2.24) is 15.2 Å². The van der Waals surface area contributed by atoms with Gasteiger partial charge in [0, 0.05) is 5.56 Å². The van der Waals surface area contributed by atoms with Crippen LogP contribution in [0.15, 0.2) is 24.3 Å². The van der Waals surface area contributed by atoms with E-state index in [9.17, 15) is 5.11 Å². The predicted octanol–water partition coefficient (Wildman–Crippen LogP) is 2.60. The summed E-state index contributed by atoms with van der Waals surface area (Å²) < 4.78 is 26.9. The second-order valence-electron chi connectivity index (χ2n) is 5.62. The lowest BCUT2D eigenvalue weighted by atomic mass is 10.1. The van der Waals surface area contributed by atoms with Gasteiger partial charge in [-0.05, 0) is 24.3 Å². The third-order valence-corrected chi connectivity index (χ3v) is 4.16. The van der Waals surface area contributed by atoms with E-state index in [1.165, 1.54) is 27.4 Å². The summed E-state index contributed by atoms with van der Waals surface area (Å²) in [5, 5.41) is 17.1. The summed E-state index contributed by atoms with van der Waals surface area (Å²) in [6.07, 6.45) is 0. The van der Waals surface area contributed by atoms with E-state index < -0.39 is 0 Å². The standard InChI is InChI=1S/C18H17N3O6/c1-23-12-5-4-9(6-11(12)22)17-19-18(21-20-17)10-7-13-15(27-8-26-13)16(25-3)14(10)24-2/h4-7,22H,8H2,1-3H3,(H,19,20,21). The maximum atomic E-state index is 9.98. The number of aromatic hydroxyl groups is 1. The summed E-state index contributed by atoms with van der Waals surface area (Å²) in [7, 11) is 4.54. The maximum Gasteiger partial charge on any atom is 0.231 e. The van der Waals surface area contributed by atoms with Crippen molar-refractivity contribution in [2.45, 2.75) is 0 Å². The van der Waals surface area contributed by atoms with Crippen molar-refractivity contribution in [3.63, 3.8) is 0 Å². The Morgan fingerprint density at radius 2 is 1.85 bits per heavy atom. The molecule has 3 aromatic rings. The molecule has 2 aromatic carbocycles. The topological polar surface area (TPSA) is 108 Å². The minimum atomic E-state index is 0.00341. The van der Waals surface area contributed by atoms with Crippen LogP contribution >= 0.6 is 0 Å². The highest BCUT2D eigenvalue weighted by Crippen LogP contribution is 2.51. The molecule has 1 aliphatic heterocycles. The van der Waals surface area contributed by atoms with Crippen molar-refractivity contribution < 1.29 is 28.8 Å². The summed E-state index contributed by atoms with van der Waals surface area (Å²) in [6, 6.07) is 6.68. The van der Waals surface area contributed by atoms with E-state index in [0.717, 1.165) is 0 Å². The summed E-state index contributed by atoms with van der Waals surface area (Å²) in [5.74, 6) is 3.11. The van der Waals surface area contributed by atoms with Crippen LogP contribution in [0.5, 0.6) is 34.5 Å². The van der Waals surface area contributed by atoms with Gasteiger partial charge in [0.2, 0.25) is 18.3 Å². The molecule has 1 aromatic heterocycles. The number of phenols is 1. The van der Waals surface area contributed by atoms with Gasteiger partial charge in [-0.15, -0.1) is 0 Å². The van der Waals surface area contributed by atoms with Gasteiger partial charge in [0.25, 0.3) is 0 Å². The smallest absolute Gasteiger partial charge is 0.231 e. The van der Waals surface area contributed by atoms with Crippen molar-refractivity contribution in [3.05, 3.63) is 24.3 Å². The number of nitrogens with one attached hydrogen (secondary N) is 1. The number of aromatic nitrogens is 3. The molecule has 2 N–H and O–H groups in total. The van der Waals surface area contributed by atoms with Gasteiger partial charge in [-0.2, -0.15) is 5.10 Å². The molecule has 9 nitrogen and oxygen atoms in total. The van der Waals surface area contributed by atoms with Gasteiger partial charge < -0.3 is 28.8 Å². The zero-order chi connectivity index (χ0) is 19.0. The average molecular weight is 371 g/mol. The first-order valence-corrected chi connectivity index (χ1v) is 8.01. The molecule has 0 amide bonds. The first-order chi connectivity index (χ1) is 13.2. The Kier molecular flexibility index (Phi) is 4.11. The fourth-order valence-corrected chi connectivity index (χ4v) is 2.90. The molecule has 1 aliphatic rings. The maximum absolute atomic E-state index is 9.98. The van der Waals surface area contributed by atoms with Gasteiger partial charge in [0.15, 0.2) is 34.6 Å². The van der Waals surface area contributed by atoms with E-state index in [0.29, 0.717) is 51.5 Å². The number of benzene rings is 2. The minimum Gasteiger partial charge on any atom is -0.504 e. The summed E-state index contributed by atoms with van der Waals surface area (Å²) in [4.78, 5) is 4.51. The molecule has 2 heterocycles. The third-order valence-electron chi connectivity index (χ3n) is 4.16. The fourth-order valence-electron chi connectivity index (χ4n) is 2.90. The van der Waals surface area contributed by atoms with E-state index >= 15 is 0 Å². The molecule has 0 bridgehead atoms. The van der Waals surface area contributed by atoms with Crippen LogP contribution in [0.25, 0.3) is 22.8 Å². The van der Waals surface area contributed by atoms with Crippen molar-refractivity contribution in [2.24, 2.45) is 0 Å². The van der Waals surface area contributed by atoms with E-state index in [4.69, 9.17) is 23.7 Å². The largest absolute Gasteiger partial charge is 0.504 e. The molecule has 4 rings (SSSR count). The van der Waals surface area contributed by atoms with Crippen molar-refractivity contribution >= 4 is 0 Å². The second kappa shape index (κ2) is 6.60. The van der Waals surface area contributed by atoms with Gasteiger partial charge in [0.05, 0.1) is 26.9 Å². The van der Waals surface area contributed by atoms with E-state index in [1.807, 2.05) is 0 Å². The van der Waals surface area contributed by atoms with Crippen LogP contribution in [-0.4, -0.2) is 48.4 Å². The number of H-pyrrole nitrogens is 1. The van der Waals surface area contributed by atoms with Crippen LogP contribution in [0.1, 0.15) is 0 Å². The normalized spacial score (nSPS) is 12.1. The zero-order valence-corrected chi connectivity index (χ0v) is 14.9. The third kappa shape index (κ3) is 2.73. The van der Waals surface area contributed by atoms with Crippen molar-refractivity contribution in [3.8, 4) is 57.3 Å². The summed E-state index contributed by atoms with van der Waals surface area (Å²) in [6.45, 7) is 0.102. The van der Waals surface area contributed by atoms with Gasteiger partial charge in [-0.3, -0.25) is 5.10 Å². The van der Waals surface area contributed by atoms with Crippen LogP contribution in [0.4, 0.5) is 0 Å². The minimum absolute atomic E-state index is 0.00341. The predicted molar refractivity (Wildman–Crippen MR) is 94.7 cm³/mol. The number of hydrogen-bond donors (Lipinski definition) is 2. The zero-order valence-electron chi connectivity index (χ0n) is 14.9. The number of fused-ring (bicyclic) bond motifs is 1. The Morgan fingerprint density at radius 1 is 1.04 bits per heavy atom. The number of phenolic OH excluding ortho intramolecular Hbond substituents is 1. The quantitative estimate of drug-likeness (QED) is 0.705. The molecule has 0 unspecified atom stereocenters. The molecule has 9 heteroatoms. The first kappa shape index (κ1) is 16.8. The highest BCUT2D eigenvalue weighted by Gasteiger charge is 2.28. The highest BCUT2D eigenvalue weighted by molar-refractivity contribution is 5.77. The molecule has 0 atom stereocenters. The molecule has 0 spiro atoms.